The number of hydrogen-bond acceptors (Lipinski definition) is 4. The van der Waals surface area contributed by atoms with Gasteiger partial charge in [-0.25, -0.2) is 0 Å². The molecule has 1 aliphatic heterocycles. The van der Waals surface area contributed by atoms with E-state index in [1.165, 1.54) is 32.4 Å². The van der Waals surface area contributed by atoms with Crippen molar-refractivity contribution in [3.63, 3.8) is 0 Å². The lowest BCUT2D eigenvalue weighted by Gasteiger charge is -2.34. The van der Waals surface area contributed by atoms with Crippen LogP contribution in [-0.4, -0.2) is 54.2 Å². The second-order valence-corrected chi connectivity index (χ2v) is 7.84. The zero-order valence-corrected chi connectivity index (χ0v) is 15.4. The van der Waals surface area contributed by atoms with Crippen LogP contribution in [0, 0.1) is 11.8 Å². The highest BCUT2D eigenvalue weighted by atomic mass is 16.5. The van der Waals surface area contributed by atoms with E-state index in [2.05, 4.69) is 29.7 Å². The Labute approximate surface area is 146 Å². The van der Waals surface area contributed by atoms with E-state index in [1.807, 2.05) is 12.1 Å². The average Bonchev–Trinajstić information content (AvgIpc) is 3.36. The highest BCUT2D eigenvalue weighted by molar-refractivity contribution is 5.41. The first-order chi connectivity index (χ1) is 11.6. The number of phenols is 1. The first kappa shape index (κ1) is 17.6. The fourth-order valence-electron chi connectivity index (χ4n) is 3.86. The monoisotopic (exact) mass is 332 g/mol. The smallest absolute Gasteiger partial charge is 0.160 e. The van der Waals surface area contributed by atoms with Crippen molar-refractivity contribution >= 4 is 0 Å². The van der Waals surface area contributed by atoms with Gasteiger partial charge in [0.15, 0.2) is 11.5 Å². The summed E-state index contributed by atoms with van der Waals surface area (Å²) in [6.45, 7) is 10.4. The lowest BCUT2D eigenvalue weighted by molar-refractivity contribution is 0.132. The number of phenolic OH excluding ortho intramolecular Hbond substituents is 1. The van der Waals surface area contributed by atoms with Gasteiger partial charge in [0.05, 0.1) is 7.11 Å². The maximum Gasteiger partial charge on any atom is 0.160 e. The highest BCUT2D eigenvalue weighted by Gasteiger charge is 2.32. The molecule has 4 heteroatoms. The zero-order chi connectivity index (χ0) is 17.1. The quantitative estimate of drug-likeness (QED) is 0.867. The molecular formula is C20H32N2O2. The summed E-state index contributed by atoms with van der Waals surface area (Å²) < 4.78 is 5.15. The molecule has 1 aliphatic carbocycles. The molecule has 0 bridgehead atoms. The van der Waals surface area contributed by atoms with E-state index in [1.54, 1.807) is 7.11 Å². The second kappa shape index (κ2) is 7.75. The van der Waals surface area contributed by atoms with Crippen molar-refractivity contribution < 1.29 is 9.84 Å². The number of hydrogen-bond donors (Lipinski definition) is 1. The second-order valence-electron chi connectivity index (χ2n) is 7.84. The van der Waals surface area contributed by atoms with E-state index < -0.39 is 0 Å². The van der Waals surface area contributed by atoms with Gasteiger partial charge in [0.2, 0.25) is 0 Å². The normalized spacial score (nSPS) is 23.4. The van der Waals surface area contributed by atoms with Gasteiger partial charge in [0.1, 0.15) is 0 Å². The Bertz CT molecular complexity index is 542. The van der Waals surface area contributed by atoms with Crippen LogP contribution in [0.1, 0.15) is 38.7 Å². The third-order valence-electron chi connectivity index (χ3n) is 5.44. The van der Waals surface area contributed by atoms with Crippen LogP contribution in [0.3, 0.4) is 0 Å². The van der Waals surface area contributed by atoms with E-state index in [-0.39, 0.29) is 5.75 Å². The summed E-state index contributed by atoms with van der Waals surface area (Å²) in [5, 5.41) is 10.0. The van der Waals surface area contributed by atoms with Crippen LogP contribution in [0.5, 0.6) is 11.5 Å². The molecule has 0 aromatic heterocycles. The van der Waals surface area contributed by atoms with Crippen molar-refractivity contribution in [1.29, 1.82) is 0 Å². The van der Waals surface area contributed by atoms with Crippen molar-refractivity contribution in [3.05, 3.63) is 23.8 Å². The third-order valence-corrected chi connectivity index (χ3v) is 5.44. The summed E-state index contributed by atoms with van der Waals surface area (Å²) in [5.74, 6) is 2.41. The number of ether oxygens (including phenoxy) is 1. The summed E-state index contributed by atoms with van der Waals surface area (Å²) in [7, 11) is 1.59. The molecule has 1 atom stereocenters. The topological polar surface area (TPSA) is 35.9 Å². The fourth-order valence-corrected chi connectivity index (χ4v) is 3.86. The molecule has 1 saturated carbocycles. The minimum atomic E-state index is 0.237. The van der Waals surface area contributed by atoms with Gasteiger partial charge in [-0.3, -0.25) is 9.80 Å². The predicted molar refractivity (Wildman–Crippen MR) is 97.5 cm³/mol. The summed E-state index contributed by atoms with van der Waals surface area (Å²) >= 11 is 0. The van der Waals surface area contributed by atoms with Gasteiger partial charge in [-0.1, -0.05) is 19.9 Å². The van der Waals surface area contributed by atoms with Crippen molar-refractivity contribution in [2.75, 3.05) is 33.3 Å². The molecule has 4 nitrogen and oxygen atoms in total. The minimum Gasteiger partial charge on any atom is -0.504 e. The summed E-state index contributed by atoms with van der Waals surface area (Å²) in [4.78, 5) is 5.30. The van der Waals surface area contributed by atoms with Crippen LogP contribution in [0.2, 0.25) is 0 Å². The first-order valence-corrected chi connectivity index (χ1v) is 9.39. The molecule has 24 heavy (non-hydrogen) atoms. The van der Waals surface area contributed by atoms with Crippen molar-refractivity contribution in [2.24, 2.45) is 11.8 Å². The van der Waals surface area contributed by atoms with Crippen molar-refractivity contribution in [3.8, 4) is 11.5 Å². The molecule has 0 radical (unpaired) electrons. The Hall–Kier alpha value is -1.26. The SMILES string of the molecule is COc1ccc(CN2CCCN(CC3CC3)C(C(C)C)C2)cc1O. The maximum atomic E-state index is 10.0. The maximum absolute atomic E-state index is 10.0. The van der Waals surface area contributed by atoms with Gasteiger partial charge < -0.3 is 9.84 Å². The number of nitrogens with zero attached hydrogens (tertiary/aromatic N) is 2. The number of methoxy groups -OCH3 is 1. The average molecular weight is 332 g/mol. The van der Waals surface area contributed by atoms with E-state index in [4.69, 9.17) is 4.74 Å². The van der Waals surface area contributed by atoms with Crippen LogP contribution >= 0.6 is 0 Å². The van der Waals surface area contributed by atoms with Crippen molar-refractivity contribution in [2.45, 2.75) is 45.7 Å². The molecule has 1 aromatic rings. The summed E-state index contributed by atoms with van der Waals surface area (Å²) in [6, 6.07) is 6.41. The molecular weight excluding hydrogens is 300 g/mol. The van der Waals surface area contributed by atoms with E-state index in [0.717, 1.165) is 31.1 Å². The largest absolute Gasteiger partial charge is 0.504 e. The van der Waals surface area contributed by atoms with Gasteiger partial charge in [-0.2, -0.15) is 0 Å². The van der Waals surface area contributed by atoms with Crippen LogP contribution < -0.4 is 4.74 Å². The number of benzene rings is 1. The number of rotatable bonds is 6. The third kappa shape index (κ3) is 4.42. The standard InChI is InChI=1S/C20H32N2O2/c1-15(2)18-14-21(9-4-10-22(18)13-16-5-6-16)12-17-7-8-20(24-3)19(23)11-17/h7-8,11,15-16,18,23H,4-6,9-10,12-14H2,1-3H3. The predicted octanol–water partition coefficient (Wildman–Crippen LogP) is 3.34. The molecule has 2 aliphatic rings. The van der Waals surface area contributed by atoms with E-state index in [0.29, 0.717) is 17.7 Å². The molecule has 0 spiro atoms. The fraction of sp³-hybridized carbons (Fsp3) is 0.700. The molecule has 134 valence electrons. The Kier molecular flexibility index (Phi) is 5.67. The molecule has 1 heterocycles. The molecule has 0 amide bonds. The van der Waals surface area contributed by atoms with E-state index in [9.17, 15) is 5.11 Å². The molecule has 1 unspecified atom stereocenters. The molecule has 2 fully saturated rings. The van der Waals surface area contributed by atoms with Crippen molar-refractivity contribution in [1.82, 2.24) is 9.80 Å². The van der Waals surface area contributed by atoms with Gasteiger partial charge >= 0.3 is 0 Å². The molecule has 1 saturated heterocycles. The lowest BCUT2D eigenvalue weighted by Crippen LogP contribution is -2.45. The minimum absolute atomic E-state index is 0.237. The van der Waals surface area contributed by atoms with Gasteiger partial charge in [0, 0.05) is 25.7 Å². The molecule has 3 rings (SSSR count). The Morgan fingerprint density at radius 2 is 2.04 bits per heavy atom. The van der Waals surface area contributed by atoms with Gasteiger partial charge in [0.25, 0.3) is 0 Å². The van der Waals surface area contributed by atoms with Gasteiger partial charge in [-0.15, -0.1) is 0 Å². The summed E-state index contributed by atoms with van der Waals surface area (Å²) in [5.41, 5.74) is 1.16. The Morgan fingerprint density at radius 1 is 1.25 bits per heavy atom. The Balaban J connectivity index is 1.65. The lowest BCUT2D eigenvalue weighted by atomic mass is 10.0. The number of aromatic hydroxyl groups is 1. The summed E-state index contributed by atoms with van der Waals surface area (Å²) in [6.07, 6.45) is 4.09. The zero-order valence-electron chi connectivity index (χ0n) is 15.4. The van der Waals surface area contributed by atoms with Crippen LogP contribution in [0.25, 0.3) is 0 Å². The van der Waals surface area contributed by atoms with Crippen LogP contribution in [0.15, 0.2) is 18.2 Å². The highest BCUT2D eigenvalue weighted by Crippen LogP contribution is 2.32. The van der Waals surface area contributed by atoms with Gasteiger partial charge in [-0.05, 0) is 61.9 Å². The first-order valence-electron chi connectivity index (χ1n) is 9.39. The molecule has 1 N–H and O–H groups in total. The Morgan fingerprint density at radius 3 is 2.67 bits per heavy atom. The van der Waals surface area contributed by atoms with Crippen LogP contribution in [0.4, 0.5) is 0 Å². The van der Waals surface area contributed by atoms with Crippen LogP contribution in [-0.2, 0) is 6.54 Å². The molecule has 1 aromatic carbocycles. The van der Waals surface area contributed by atoms with E-state index >= 15 is 0 Å².